The number of rotatable bonds is 6. The fraction of sp³-hybridized carbons (Fsp3) is 0.696. The molecule has 0 amide bonds. The number of carbonyl (C=O) groups is 1. The highest BCUT2D eigenvalue weighted by molar-refractivity contribution is 5.69. The smallest absolute Gasteiger partial charge is 0.306 e. The van der Waals surface area contributed by atoms with E-state index >= 15 is 0 Å². The van der Waals surface area contributed by atoms with Crippen molar-refractivity contribution in [3.8, 4) is 0 Å². The monoisotopic (exact) mass is 372 g/mol. The lowest BCUT2D eigenvalue weighted by atomic mass is 9.74. The highest BCUT2D eigenvalue weighted by atomic mass is 16.6. The van der Waals surface area contributed by atoms with Crippen LogP contribution in [0.4, 0.5) is 0 Å². The molecule has 2 fully saturated rings. The highest BCUT2D eigenvalue weighted by Gasteiger charge is 2.47. The van der Waals surface area contributed by atoms with Gasteiger partial charge in [0.15, 0.2) is 0 Å². The molecule has 2 saturated heterocycles. The number of carbonyl (C=O) groups excluding carboxylic acids is 1. The Hall–Kier alpha value is -1.39. The van der Waals surface area contributed by atoms with Crippen LogP contribution >= 0.6 is 0 Å². The SMILES string of the molecule is CCC(=O)OC1(c2ccccc2)CC(C)N(CCN2CCCCC2)CC1C. The zero-order chi connectivity index (χ0) is 19.3. The van der Waals surface area contributed by atoms with Crippen molar-refractivity contribution in [3.05, 3.63) is 35.9 Å². The maximum Gasteiger partial charge on any atom is 0.306 e. The van der Waals surface area contributed by atoms with Crippen LogP contribution in [0.15, 0.2) is 30.3 Å². The molecule has 2 aliphatic rings. The molecular formula is C23H36N2O2. The summed E-state index contributed by atoms with van der Waals surface area (Å²) in [6, 6.07) is 10.8. The summed E-state index contributed by atoms with van der Waals surface area (Å²) in [5.41, 5.74) is 0.636. The van der Waals surface area contributed by atoms with Crippen LogP contribution in [-0.2, 0) is 15.1 Å². The van der Waals surface area contributed by atoms with E-state index in [-0.39, 0.29) is 11.9 Å². The van der Waals surface area contributed by atoms with Crippen molar-refractivity contribution in [2.45, 2.75) is 64.5 Å². The van der Waals surface area contributed by atoms with E-state index in [1.165, 1.54) is 32.4 Å². The first kappa shape index (κ1) is 20.3. The Morgan fingerprint density at radius 2 is 1.81 bits per heavy atom. The first-order valence-corrected chi connectivity index (χ1v) is 10.8. The molecular weight excluding hydrogens is 336 g/mol. The van der Waals surface area contributed by atoms with Gasteiger partial charge in [-0.1, -0.05) is 50.6 Å². The summed E-state index contributed by atoms with van der Waals surface area (Å²) in [6.07, 6.45) is 5.36. The van der Waals surface area contributed by atoms with Crippen molar-refractivity contribution in [1.29, 1.82) is 0 Å². The van der Waals surface area contributed by atoms with Crippen LogP contribution in [-0.4, -0.2) is 54.5 Å². The average Bonchev–Trinajstić information content (AvgIpc) is 2.70. The van der Waals surface area contributed by atoms with Gasteiger partial charge in [0.2, 0.25) is 0 Å². The van der Waals surface area contributed by atoms with Crippen molar-refractivity contribution in [2.75, 3.05) is 32.7 Å². The van der Waals surface area contributed by atoms with E-state index < -0.39 is 5.60 Å². The molecule has 1 aromatic rings. The minimum absolute atomic E-state index is 0.0975. The second-order valence-corrected chi connectivity index (χ2v) is 8.43. The van der Waals surface area contributed by atoms with Crippen LogP contribution in [0.2, 0.25) is 0 Å². The number of hydrogen-bond donors (Lipinski definition) is 0. The van der Waals surface area contributed by atoms with Crippen LogP contribution in [0.1, 0.15) is 58.4 Å². The summed E-state index contributed by atoms with van der Waals surface area (Å²) in [5.74, 6) is 0.174. The number of esters is 1. The summed E-state index contributed by atoms with van der Waals surface area (Å²) in [7, 11) is 0. The lowest BCUT2D eigenvalue weighted by molar-refractivity contribution is -0.178. The van der Waals surface area contributed by atoms with Crippen molar-refractivity contribution in [3.63, 3.8) is 0 Å². The number of likely N-dealkylation sites (tertiary alicyclic amines) is 2. The molecule has 2 heterocycles. The molecule has 0 bridgehead atoms. The van der Waals surface area contributed by atoms with Gasteiger partial charge in [0, 0.05) is 44.4 Å². The molecule has 4 nitrogen and oxygen atoms in total. The quantitative estimate of drug-likeness (QED) is 0.705. The normalized spacial score (nSPS) is 30.2. The fourth-order valence-corrected chi connectivity index (χ4v) is 4.81. The Kier molecular flexibility index (Phi) is 6.93. The van der Waals surface area contributed by atoms with Crippen molar-refractivity contribution in [1.82, 2.24) is 9.80 Å². The second kappa shape index (κ2) is 9.20. The fourth-order valence-electron chi connectivity index (χ4n) is 4.81. The van der Waals surface area contributed by atoms with E-state index in [0.717, 1.165) is 31.6 Å². The summed E-state index contributed by atoms with van der Waals surface area (Å²) in [5, 5.41) is 0. The number of benzene rings is 1. The largest absolute Gasteiger partial charge is 0.454 e. The zero-order valence-electron chi connectivity index (χ0n) is 17.3. The van der Waals surface area contributed by atoms with Crippen LogP contribution in [0.25, 0.3) is 0 Å². The van der Waals surface area contributed by atoms with Crippen molar-refractivity contribution in [2.24, 2.45) is 5.92 Å². The van der Waals surface area contributed by atoms with E-state index in [9.17, 15) is 4.79 Å². The molecule has 0 aromatic heterocycles. The molecule has 0 aliphatic carbocycles. The zero-order valence-corrected chi connectivity index (χ0v) is 17.3. The van der Waals surface area contributed by atoms with E-state index in [2.05, 4.69) is 47.9 Å². The number of ether oxygens (including phenoxy) is 1. The van der Waals surface area contributed by atoms with Gasteiger partial charge in [-0.3, -0.25) is 9.69 Å². The summed E-state index contributed by atoms with van der Waals surface area (Å²) in [4.78, 5) is 17.5. The minimum Gasteiger partial charge on any atom is -0.454 e. The molecule has 3 atom stereocenters. The van der Waals surface area contributed by atoms with Gasteiger partial charge in [-0.25, -0.2) is 0 Å². The van der Waals surface area contributed by atoms with Gasteiger partial charge in [-0.2, -0.15) is 0 Å². The Morgan fingerprint density at radius 1 is 1.11 bits per heavy atom. The van der Waals surface area contributed by atoms with Gasteiger partial charge in [0.25, 0.3) is 0 Å². The predicted molar refractivity (Wildman–Crippen MR) is 110 cm³/mol. The molecule has 3 rings (SSSR count). The molecule has 0 N–H and O–H groups in total. The van der Waals surface area contributed by atoms with E-state index in [1.807, 2.05) is 13.0 Å². The van der Waals surface area contributed by atoms with Crippen LogP contribution in [0, 0.1) is 5.92 Å². The topological polar surface area (TPSA) is 32.8 Å². The van der Waals surface area contributed by atoms with Crippen molar-refractivity contribution < 1.29 is 9.53 Å². The lowest BCUT2D eigenvalue weighted by Gasteiger charge is -2.49. The summed E-state index contributed by atoms with van der Waals surface area (Å²) >= 11 is 0. The summed E-state index contributed by atoms with van der Waals surface area (Å²) in [6.45, 7) is 12.2. The van der Waals surface area contributed by atoms with Gasteiger partial charge >= 0.3 is 5.97 Å². The van der Waals surface area contributed by atoms with E-state index in [1.54, 1.807) is 0 Å². The summed E-state index contributed by atoms with van der Waals surface area (Å²) < 4.78 is 6.16. The second-order valence-electron chi connectivity index (χ2n) is 8.43. The number of hydrogen-bond acceptors (Lipinski definition) is 4. The van der Waals surface area contributed by atoms with Gasteiger partial charge in [0.05, 0.1) is 0 Å². The molecule has 0 radical (unpaired) electrons. The van der Waals surface area contributed by atoms with Gasteiger partial charge < -0.3 is 9.64 Å². The Morgan fingerprint density at radius 3 is 2.48 bits per heavy atom. The third kappa shape index (κ3) is 4.72. The van der Waals surface area contributed by atoms with Gasteiger partial charge in [-0.05, 0) is 38.4 Å². The van der Waals surface area contributed by atoms with Crippen LogP contribution < -0.4 is 0 Å². The average molecular weight is 373 g/mol. The molecule has 27 heavy (non-hydrogen) atoms. The molecule has 4 heteroatoms. The lowest BCUT2D eigenvalue weighted by Crippen LogP contribution is -2.56. The highest BCUT2D eigenvalue weighted by Crippen LogP contribution is 2.43. The molecule has 1 aromatic carbocycles. The van der Waals surface area contributed by atoms with Crippen molar-refractivity contribution >= 4 is 5.97 Å². The van der Waals surface area contributed by atoms with Gasteiger partial charge in [0.1, 0.15) is 5.60 Å². The minimum atomic E-state index is -0.505. The van der Waals surface area contributed by atoms with Crippen LogP contribution in [0.5, 0.6) is 0 Å². The first-order chi connectivity index (χ1) is 13.0. The maximum absolute atomic E-state index is 12.3. The Labute approximate surface area is 164 Å². The third-order valence-corrected chi connectivity index (χ3v) is 6.53. The molecule has 0 saturated carbocycles. The molecule has 150 valence electrons. The Balaban J connectivity index is 1.72. The Bertz CT molecular complexity index is 600. The number of piperidine rings is 2. The third-order valence-electron chi connectivity index (χ3n) is 6.53. The number of nitrogens with zero attached hydrogens (tertiary/aromatic N) is 2. The van der Waals surface area contributed by atoms with E-state index in [0.29, 0.717) is 12.5 Å². The first-order valence-electron chi connectivity index (χ1n) is 10.8. The maximum atomic E-state index is 12.3. The standard InChI is InChI=1S/C23H36N2O2/c1-4-22(26)27-23(21-11-7-5-8-12-21)17-20(3)25(18-19(23)2)16-15-24-13-9-6-10-14-24/h5,7-8,11-12,19-20H,4,6,9-10,13-18H2,1-3H3. The molecule has 3 unspecified atom stereocenters. The predicted octanol–water partition coefficient (Wildman–Crippen LogP) is 4.05. The molecule has 0 spiro atoms. The molecule has 2 aliphatic heterocycles. The van der Waals surface area contributed by atoms with Crippen LogP contribution in [0.3, 0.4) is 0 Å². The van der Waals surface area contributed by atoms with Gasteiger partial charge in [-0.15, -0.1) is 0 Å². The van der Waals surface area contributed by atoms with E-state index in [4.69, 9.17) is 4.74 Å².